The van der Waals surface area contributed by atoms with Crippen LogP contribution in [0.15, 0.2) is 64.1 Å². The molecule has 0 N–H and O–H groups in total. The van der Waals surface area contributed by atoms with Crippen LogP contribution in [0.1, 0.15) is 80.1 Å². The molecule has 0 saturated heterocycles. The summed E-state index contributed by atoms with van der Waals surface area (Å²) in [4.78, 5) is 4.65. The summed E-state index contributed by atoms with van der Waals surface area (Å²) in [5.41, 5.74) is 4.47. The lowest BCUT2D eigenvalue weighted by Crippen LogP contribution is -2.02. The van der Waals surface area contributed by atoms with Crippen LogP contribution < -0.4 is 0 Å². The first-order valence-corrected chi connectivity index (χ1v) is 11.0. The second-order valence-corrected chi connectivity index (χ2v) is 8.00. The number of ether oxygens (including phenoxy) is 1. The van der Waals surface area contributed by atoms with Crippen molar-refractivity contribution in [3.8, 4) is 0 Å². The first kappa shape index (κ1) is 24.2. The van der Waals surface area contributed by atoms with E-state index in [1.54, 1.807) is 0 Å². The summed E-state index contributed by atoms with van der Waals surface area (Å²) in [6, 6.07) is 0. The van der Waals surface area contributed by atoms with Gasteiger partial charge in [0.05, 0.1) is 12.3 Å². The summed E-state index contributed by atoms with van der Waals surface area (Å²) in [7, 11) is 0. The van der Waals surface area contributed by atoms with Crippen LogP contribution in [0.25, 0.3) is 0 Å². The molecular formula is C26H41NO. The van der Waals surface area contributed by atoms with Gasteiger partial charge in [-0.05, 0) is 50.2 Å². The molecule has 0 amide bonds. The summed E-state index contributed by atoms with van der Waals surface area (Å²) in [6.07, 6.45) is 17.7. The van der Waals surface area contributed by atoms with Gasteiger partial charge in [0.2, 0.25) is 0 Å². The maximum atomic E-state index is 5.80. The molecule has 0 bridgehead atoms. The highest BCUT2D eigenvalue weighted by Crippen LogP contribution is 2.25. The van der Waals surface area contributed by atoms with Crippen molar-refractivity contribution < 1.29 is 4.74 Å². The van der Waals surface area contributed by atoms with Gasteiger partial charge in [0.1, 0.15) is 5.76 Å². The molecule has 156 valence electrons. The highest BCUT2D eigenvalue weighted by atomic mass is 16.5. The molecule has 0 aromatic rings. The Balaban J connectivity index is 2.74. The standard InChI is InChI=1S/C26H41NO/c1-8-11-12-20(4)13-14-21(5)22(6)15-16-24(9-2)25-19-26(28-10-3)23(7)17-18-27-25/h9,15-16,18-21H,6,8,10-14,17H2,1-5,7H3/b16-15-,24-9+. The normalized spacial score (nSPS) is 17.5. The zero-order chi connectivity index (χ0) is 20.9. The highest BCUT2D eigenvalue weighted by molar-refractivity contribution is 5.66. The van der Waals surface area contributed by atoms with E-state index in [1.165, 1.54) is 43.3 Å². The Kier molecular flexibility index (Phi) is 11.6. The van der Waals surface area contributed by atoms with Crippen molar-refractivity contribution >= 4 is 6.21 Å². The number of aliphatic imine (C=N–C) groups is 1. The lowest BCUT2D eigenvalue weighted by Gasteiger charge is -2.16. The largest absolute Gasteiger partial charge is 0.494 e. The Morgan fingerprint density at radius 2 is 1.96 bits per heavy atom. The lowest BCUT2D eigenvalue weighted by molar-refractivity contribution is 0.238. The van der Waals surface area contributed by atoms with Crippen LogP contribution in [-0.2, 0) is 4.74 Å². The predicted octanol–water partition coefficient (Wildman–Crippen LogP) is 7.96. The van der Waals surface area contributed by atoms with E-state index in [4.69, 9.17) is 4.74 Å². The van der Waals surface area contributed by atoms with E-state index in [1.807, 2.05) is 13.1 Å². The second-order valence-electron chi connectivity index (χ2n) is 8.00. The number of hydrogen-bond acceptors (Lipinski definition) is 2. The minimum absolute atomic E-state index is 0.506. The van der Waals surface area contributed by atoms with Gasteiger partial charge >= 0.3 is 0 Å². The van der Waals surface area contributed by atoms with E-state index >= 15 is 0 Å². The monoisotopic (exact) mass is 383 g/mol. The van der Waals surface area contributed by atoms with Crippen LogP contribution in [0.2, 0.25) is 0 Å². The second kappa shape index (κ2) is 13.4. The lowest BCUT2D eigenvalue weighted by atomic mass is 9.90. The van der Waals surface area contributed by atoms with E-state index in [9.17, 15) is 0 Å². The van der Waals surface area contributed by atoms with Gasteiger partial charge in [0.25, 0.3) is 0 Å². The Bertz CT molecular complexity index is 645. The van der Waals surface area contributed by atoms with Gasteiger partial charge in [-0.3, -0.25) is 4.99 Å². The van der Waals surface area contributed by atoms with E-state index in [-0.39, 0.29) is 0 Å². The first-order chi connectivity index (χ1) is 13.4. The molecule has 2 atom stereocenters. The van der Waals surface area contributed by atoms with Gasteiger partial charge in [0, 0.05) is 18.7 Å². The molecule has 1 aliphatic heterocycles. The van der Waals surface area contributed by atoms with E-state index in [0.29, 0.717) is 12.5 Å². The molecule has 0 aromatic carbocycles. The number of rotatable bonds is 12. The quantitative estimate of drug-likeness (QED) is 0.313. The predicted molar refractivity (Wildman–Crippen MR) is 125 cm³/mol. The molecule has 28 heavy (non-hydrogen) atoms. The van der Waals surface area contributed by atoms with E-state index in [0.717, 1.165) is 29.4 Å². The number of allylic oxidation sites excluding steroid dienone is 6. The van der Waals surface area contributed by atoms with Gasteiger partial charge in [-0.2, -0.15) is 0 Å². The van der Waals surface area contributed by atoms with Crippen molar-refractivity contribution in [3.05, 3.63) is 59.1 Å². The summed E-state index contributed by atoms with van der Waals surface area (Å²) < 4.78 is 5.80. The molecular weight excluding hydrogens is 342 g/mol. The third-order valence-corrected chi connectivity index (χ3v) is 5.48. The SMILES string of the molecule is C=C(/C=C\C(=C/C)C1=CC(OCC)=C(C)CC=N1)C(C)CCC(C)CCCC. The molecule has 0 fully saturated rings. The van der Waals surface area contributed by atoms with Gasteiger partial charge in [-0.25, -0.2) is 0 Å². The molecule has 2 heteroatoms. The fourth-order valence-electron chi connectivity index (χ4n) is 3.25. The smallest absolute Gasteiger partial charge is 0.120 e. The van der Waals surface area contributed by atoms with Crippen LogP contribution in [0.3, 0.4) is 0 Å². The zero-order valence-electron chi connectivity index (χ0n) is 19.1. The minimum Gasteiger partial charge on any atom is -0.494 e. The van der Waals surface area contributed by atoms with Crippen molar-refractivity contribution in [3.63, 3.8) is 0 Å². The Morgan fingerprint density at radius 3 is 2.61 bits per heavy atom. The Hall–Kier alpha value is -1.83. The molecule has 0 radical (unpaired) electrons. The molecule has 2 unspecified atom stereocenters. The van der Waals surface area contributed by atoms with Gasteiger partial charge < -0.3 is 4.74 Å². The number of unbranched alkanes of at least 4 members (excludes halogenated alkanes) is 1. The van der Waals surface area contributed by atoms with Crippen molar-refractivity contribution in [2.75, 3.05) is 6.61 Å². The molecule has 1 heterocycles. The molecule has 0 aromatic heterocycles. The first-order valence-electron chi connectivity index (χ1n) is 11.0. The average Bonchev–Trinajstić information content (AvgIpc) is 2.86. The molecule has 1 aliphatic rings. The Morgan fingerprint density at radius 1 is 1.21 bits per heavy atom. The molecule has 1 rings (SSSR count). The van der Waals surface area contributed by atoms with Crippen molar-refractivity contribution in [1.29, 1.82) is 0 Å². The molecule has 0 aliphatic carbocycles. The van der Waals surface area contributed by atoms with Crippen molar-refractivity contribution in [1.82, 2.24) is 0 Å². The van der Waals surface area contributed by atoms with Crippen molar-refractivity contribution in [2.24, 2.45) is 16.8 Å². The van der Waals surface area contributed by atoms with E-state index < -0.39 is 0 Å². The van der Waals surface area contributed by atoms with Crippen LogP contribution >= 0.6 is 0 Å². The maximum absolute atomic E-state index is 5.80. The molecule has 2 nitrogen and oxygen atoms in total. The third-order valence-electron chi connectivity index (χ3n) is 5.48. The fourth-order valence-corrected chi connectivity index (χ4v) is 3.25. The highest BCUT2D eigenvalue weighted by Gasteiger charge is 2.11. The zero-order valence-corrected chi connectivity index (χ0v) is 19.1. The number of nitrogens with zero attached hydrogens (tertiary/aromatic N) is 1. The molecule has 0 spiro atoms. The van der Waals surface area contributed by atoms with Gasteiger partial charge in [-0.15, -0.1) is 0 Å². The van der Waals surface area contributed by atoms with Gasteiger partial charge in [-0.1, -0.05) is 76.8 Å². The summed E-state index contributed by atoms with van der Waals surface area (Å²) in [5, 5.41) is 0. The fraction of sp³-hybridized carbons (Fsp3) is 0.577. The number of hydrogen-bond donors (Lipinski definition) is 0. The van der Waals surface area contributed by atoms with E-state index in [2.05, 4.69) is 70.5 Å². The van der Waals surface area contributed by atoms with Gasteiger partial charge in [0.15, 0.2) is 0 Å². The molecule has 0 saturated carbocycles. The summed E-state index contributed by atoms with van der Waals surface area (Å²) >= 11 is 0. The topological polar surface area (TPSA) is 21.6 Å². The van der Waals surface area contributed by atoms with Crippen LogP contribution in [0.4, 0.5) is 0 Å². The van der Waals surface area contributed by atoms with Crippen LogP contribution in [0, 0.1) is 11.8 Å². The van der Waals surface area contributed by atoms with Crippen LogP contribution in [-0.4, -0.2) is 12.8 Å². The summed E-state index contributed by atoms with van der Waals surface area (Å²) in [6.45, 7) is 18.1. The minimum atomic E-state index is 0.506. The third kappa shape index (κ3) is 8.46. The summed E-state index contributed by atoms with van der Waals surface area (Å²) in [5.74, 6) is 2.25. The maximum Gasteiger partial charge on any atom is 0.120 e. The Labute approximate surface area is 173 Å². The average molecular weight is 384 g/mol. The van der Waals surface area contributed by atoms with Crippen molar-refractivity contribution in [2.45, 2.75) is 80.1 Å². The van der Waals surface area contributed by atoms with Crippen LogP contribution in [0.5, 0.6) is 0 Å².